The number of phenols is 1. The van der Waals surface area contributed by atoms with Crippen LogP contribution in [0.2, 0.25) is 0 Å². The molecule has 0 amide bonds. The van der Waals surface area contributed by atoms with Gasteiger partial charge in [0.15, 0.2) is 0 Å². The molecule has 0 radical (unpaired) electrons. The van der Waals surface area contributed by atoms with E-state index in [0.29, 0.717) is 5.56 Å². The van der Waals surface area contributed by atoms with Gasteiger partial charge in [0, 0.05) is 5.56 Å². The number of carbonyl (C=O) groups is 1. The van der Waals surface area contributed by atoms with Crippen LogP contribution >= 0.6 is 0 Å². The van der Waals surface area contributed by atoms with E-state index < -0.39 is 5.97 Å². The maximum Gasteiger partial charge on any atom is 1.00 e. The van der Waals surface area contributed by atoms with Crippen molar-refractivity contribution in [3.8, 4) is 5.75 Å². The molecule has 1 aromatic carbocycles. The van der Waals surface area contributed by atoms with Crippen molar-refractivity contribution >= 4 is 5.97 Å². The standard InChI is InChI=1S/C13H18O3.Na/c1-7(2)9-5-10(8(3)4)12(14)11(6-9)13(15)16;/h5-8,14H,1-4H3,(H,15,16);/q;+1/p-1. The third kappa shape index (κ3) is 3.73. The summed E-state index contributed by atoms with van der Waals surface area (Å²) in [6, 6.07) is 3.35. The normalized spacial score (nSPS) is 10.5. The van der Waals surface area contributed by atoms with Crippen LogP contribution in [0, 0.1) is 0 Å². The van der Waals surface area contributed by atoms with Crippen LogP contribution in [0.15, 0.2) is 12.1 Å². The van der Waals surface area contributed by atoms with Crippen LogP contribution in [0.3, 0.4) is 0 Å². The quantitative estimate of drug-likeness (QED) is 0.694. The molecule has 0 atom stereocenters. The number of rotatable bonds is 3. The molecule has 0 aliphatic rings. The molecule has 3 nitrogen and oxygen atoms in total. The summed E-state index contributed by atoms with van der Waals surface area (Å²) in [4.78, 5) is 10.9. The van der Waals surface area contributed by atoms with Gasteiger partial charge in [0.2, 0.25) is 0 Å². The molecule has 0 saturated carbocycles. The fourth-order valence-electron chi connectivity index (χ4n) is 1.61. The number of benzene rings is 1. The number of carbonyl (C=O) groups excluding carboxylic acids is 1. The fourth-order valence-corrected chi connectivity index (χ4v) is 1.61. The Morgan fingerprint density at radius 2 is 1.71 bits per heavy atom. The Labute approximate surface area is 124 Å². The minimum atomic E-state index is -1.33. The predicted octanol–water partition coefficient (Wildman–Crippen LogP) is -0.993. The Balaban J connectivity index is 0.00000256. The van der Waals surface area contributed by atoms with Crippen LogP contribution in [0.1, 0.15) is 61.0 Å². The number of carboxylic acids is 1. The van der Waals surface area contributed by atoms with Gasteiger partial charge in [-0.05, 0) is 29.0 Å². The smallest absolute Gasteiger partial charge is 0.545 e. The molecule has 0 unspecified atom stereocenters. The number of aromatic carboxylic acids is 1. The second-order valence-corrected chi connectivity index (χ2v) is 4.60. The van der Waals surface area contributed by atoms with Gasteiger partial charge in [-0.1, -0.05) is 33.8 Å². The van der Waals surface area contributed by atoms with Crippen LogP contribution in [0.5, 0.6) is 5.75 Å². The molecule has 0 bridgehead atoms. The molecule has 0 aliphatic heterocycles. The molecule has 17 heavy (non-hydrogen) atoms. The average Bonchev–Trinajstić information content (AvgIpc) is 2.16. The first-order chi connectivity index (χ1) is 7.34. The van der Waals surface area contributed by atoms with Crippen LogP contribution in [-0.2, 0) is 0 Å². The van der Waals surface area contributed by atoms with Crippen molar-refractivity contribution in [1.82, 2.24) is 0 Å². The number of aromatic hydroxyl groups is 1. The summed E-state index contributed by atoms with van der Waals surface area (Å²) < 4.78 is 0. The minimum absolute atomic E-state index is 0. The Morgan fingerprint density at radius 3 is 2.06 bits per heavy atom. The van der Waals surface area contributed by atoms with Crippen molar-refractivity contribution < 1.29 is 44.6 Å². The van der Waals surface area contributed by atoms with Crippen molar-refractivity contribution in [1.29, 1.82) is 0 Å². The zero-order valence-corrected chi connectivity index (χ0v) is 13.1. The van der Waals surface area contributed by atoms with Crippen molar-refractivity contribution in [2.24, 2.45) is 0 Å². The maximum absolute atomic E-state index is 10.9. The van der Waals surface area contributed by atoms with Crippen molar-refractivity contribution in [2.45, 2.75) is 39.5 Å². The zero-order valence-electron chi connectivity index (χ0n) is 11.1. The van der Waals surface area contributed by atoms with Gasteiger partial charge in [-0.2, -0.15) is 0 Å². The van der Waals surface area contributed by atoms with Crippen molar-refractivity contribution in [3.05, 3.63) is 28.8 Å². The van der Waals surface area contributed by atoms with Gasteiger partial charge < -0.3 is 15.0 Å². The van der Waals surface area contributed by atoms with Crippen molar-refractivity contribution in [3.63, 3.8) is 0 Å². The first-order valence-electron chi connectivity index (χ1n) is 5.42. The van der Waals surface area contributed by atoms with Crippen LogP contribution < -0.4 is 34.7 Å². The average molecular weight is 244 g/mol. The number of carboxylic acid groups (broad SMARTS) is 1. The van der Waals surface area contributed by atoms with E-state index >= 15 is 0 Å². The summed E-state index contributed by atoms with van der Waals surface area (Å²) in [6.07, 6.45) is 0. The molecular weight excluding hydrogens is 227 g/mol. The van der Waals surface area contributed by atoms with E-state index in [9.17, 15) is 15.0 Å². The van der Waals surface area contributed by atoms with Gasteiger partial charge in [0.05, 0.1) is 5.97 Å². The molecule has 88 valence electrons. The van der Waals surface area contributed by atoms with Crippen LogP contribution in [0.25, 0.3) is 0 Å². The summed E-state index contributed by atoms with van der Waals surface area (Å²) in [5.41, 5.74) is 1.45. The van der Waals surface area contributed by atoms with Crippen LogP contribution in [0.4, 0.5) is 0 Å². The Kier molecular flexibility index (Phi) is 6.24. The Hall–Kier alpha value is -0.510. The van der Waals surface area contributed by atoms with Crippen molar-refractivity contribution in [2.75, 3.05) is 0 Å². The summed E-state index contributed by atoms with van der Waals surface area (Å²) in [5.74, 6) is -1.20. The number of hydrogen-bond acceptors (Lipinski definition) is 3. The summed E-state index contributed by atoms with van der Waals surface area (Å²) in [5, 5.41) is 20.7. The molecule has 0 spiro atoms. The van der Waals surface area contributed by atoms with E-state index in [1.807, 2.05) is 33.8 Å². The van der Waals surface area contributed by atoms with Gasteiger partial charge in [-0.15, -0.1) is 0 Å². The predicted molar refractivity (Wildman–Crippen MR) is 60.6 cm³/mol. The number of hydrogen-bond donors (Lipinski definition) is 1. The fraction of sp³-hybridized carbons (Fsp3) is 0.462. The summed E-state index contributed by atoms with van der Waals surface area (Å²) in [7, 11) is 0. The monoisotopic (exact) mass is 244 g/mol. The molecule has 0 fully saturated rings. The van der Waals surface area contributed by atoms with Gasteiger partial charge in [0.25, 0.3) is 0 Å². The molecule has 1 rings (SSSR count). The van der Waals surface area contributed by atoms with E-state index in [1.165, 1.54) is 6.07 Å². The van der Waals surface area contributed by atoms with E-state index in [4.69, 9.17) is 0 Å². The van der Waals surface area contributed by atoms with Gasteiger partial charge in [-0.3, -0.25) is 0 Å². The summed E-state index contributed by atoms with van der Waals surface area (Å²) in [6.45, 7) is 7.79. The van der Waals surface area contributed by atoms with Gasteiger partial charge in [-0.25, -0.2) is 0 Å². The van der Waals surface area contributed by atoms with E-state index in [0.717, 1.165) is 5.56 Å². The third-order valence-corrected chi connectivity index (χ3v) is 2.67. The zero-order chi connectivity index (χ0) is 12.5. The summed E-state index contributed by atoms with van der Waals surface area (Å²) >= 11 is 0. The third-order valence-electron chi connectivity index (χ3n) is 2.67. The molecule has 0 saturated heterocycles. The Morgan fingerprint density at radius 1 is 1.18 bits per heavy atom. The molecule has 1 N–H and O–H groups in total. The second kappa shape index (κ2) is 6.43. The molecule has 0 aliphatic carbocycles. The largest absolute Gasteiger partial charge is 1.00 e. The van der Waals surface area contributed by atoms with Gasteiger partial charge in [0.1, 0.15) is 5.75 Å². The molecule has 1 aromatic rings. The molecular formula is C13H17NaO3. The van der Waals surface area contributed by atoms with E-state index in [1.54, 1.807) is 0 Å². The SMILES string of the molecule is CC(C)c1cc(C(=O)[O-])c(O)c(C(C)C)c1.[Na+]. The molecule has 0 heterocycles. The van der Waals surface area contributed by atoms with Crippen LogP contribution in [-0.4, -0.2) is 11.1 Å². The van der Waals surface area contributed by atoms with Gasteiger partial charge >= 0.3 is 29.6 Å². The topological polar surface area (TPSA) is 60.4 Å². The van der Waals surface area contributed by atoms with E-state index in [-0.39, 0.29) is 52.7 Å². The molecule has 0 aromatic heterocycles. The first-order valence-corrected chi connectivity index (χ1v) is 5.42. The first kappa shape index (κ1) is 16.5. The maximum atomic E-state index is 10.9. The Bertz CT molecular complexity index is 411. The second-order valence-electron chi connectivity index (χ2n) is 4.60. The molecule has 4 heteroatoms. The van der Waals surface area contributed by atoms with E-state index in [2.05, 4.69) is 0 Å². The minimum Gasteiger partial charge on any atom is -0.545 e.